The Morgan fingerprint density at radius 2 is 1.96 bits per heavy atom. The van der Waals surface area contributed by atoms with E-state index in [-0.39, 0.29) is 5.69 Å². The summed E-state index contributed by atoms with van der Waals surface area (Å²) in [4.78, 5) is 35.1. The molecule has 0 spiro atoms. The Kier molecular flexibility index (Phi) is 4.85. The average Bonchev–Trinajstić information content (AvgIpc) is 2.68. The van der Waals surface area contributed by atoms with Gasteiger partial charge in [0.2, 0.25) is 6.41 Å². The number of amides is 2. The Morgan fingerprint density at radius 3 is 2.68 bits per heavy atom. The molecule has 2 amide bonds. The number of anilines is 2. The predicted molar refractivity (Wildman–Crippen MR) is 91.0 cm³/mol. The lowest BCUT2D eigenvalue weighted by Gasteiger charge is -2.33. The maximum Gasteiger partial charge on any atom is 0.274 e. The SMILES string of the molecule is N#Cc1ccccc1NC(=O)c1cc(N2CCN(C=O)CC2)ncn1. The quantitative estimate of drug-likeness (QED) is 0.832. The molecule has 2 heterocycles. The zero-order valence-corrected chi connectivity index (χ0v) is 13.4. The van der Waals surface area contributed by atoms with Crippen molar-refractivity contribution in [2.75, 3.05) is 36.4 Å². The first-order valence-corrected chi connectivity index (χ1v) is 7.78. The molecule has 1 saturated heterocycles. The van der Waals surface area contributed by atoms with E-state index in [4.69, 9.17) is 5.26 Å². The molecule has 0 bridgehead atoms. The number of rotatable bonds is 4. The number of hydrogen-bond donors (Lipinski definition) is 1. The van der Waals surface area contributed by atoms with E-state index in [1.807, 2.05) is 11.0 Å². The lowest BCUT2D eigenvalue weighted by atomic mass is 10.2. The molecule has 8 heteroatoms. The highest BCUT2D eigenvalue weighted by Crippen LogP contribution is 2.17. The Hall–Kier alpha value is -3.47. The second-order valence-corrected chi connectivity index (χ2v) is 5.50. The minimum Gasteiger partial charge on any atom is -0.353 e. The van der Waals surface area contributed by atoms with Crippen LogP contribution in [0.25, 0.3) is 0 Å². The molecule has 2 aromatic rings. The van der Waals surface area contributed by atoms with Crippen LogP contribution in [0.15, 0.2) is 36.7 Å². The number of hydrogen-bond acceptors (Lipinski definition) is 6. The van der Waals surface area contributed by atoms with Gasteiger partial charge in [-0.2, -0.15) is 5.26 Å². The van der Waals surface area contributed by atoms with Crippen molar-refractivity contribution >= 4 is 23.8 Å². The number of nitrogens with one attached hydrogen (secondary N) is 1. The molecular weight excluding hydrogens is 320 g/mol. The molecule has 8 nitrogen and oxygen atoms in total. The summed E-state index contributed by atoms with van der Waals surface area (Å²) in [5.74, 6) is 0.233. The molecule has 0 atom stereocenters. The fourth-order valence-electron chi connectivity index (χ4n) is 2.58. The minimum absolute atomic E-state index is 0.218. The normalized spacial score (nSPS) is 13.9. The number of benzene rings is 1. The van der Waals surface area contributed by atoms with Crippen LogP contribution in [-0.2, 0) is 4.79 Å². The summed E-state index contributed by atoms with van der Waals surface area (Å²) in [5, 5.41) is 11.8. The molecule has 1 aromatic heterocycles. The third-order valence-electron chi connectivity index (χ3n) is 3.97. The van der Waals surface area contributed by atoms with E-state index < -0.39 is 5.91 Å². The second-order valence-electron chi connectivity index (χ2n) is 5.50. The summed E-state index contributed by atoms with van der Waals surface area (Å²) in [7, 11) is 0. The summed E-state index contributed by atoms with van der Waals surface area (Å²) < 4.78 is 0. The van der Waals surface area contributed by atoms with Gasteiger partial charge in [0, 0.05) is 32.2 Å². The topological polar surface area (TPSA) is 102 Å². The van der Waals surface area contributed by atoms with Crippen LogP contribution in [0.1, 0.15) is 16.1 Å². The first-order chi connectivity index (χ1) is 12.2. The number of carbonyl (C=O) groups is 2. The smallest absolute Gasteiger partial charge is 0.274 e. The highest BCUT2D eigenvalue weighted by atomic mass is 16.2. The molecule has 25 heavy (non-hydrogen) atoms. The number of nitrogens with zero attached hydrogens (tertiary/aromatic N) is 5. The highest BCUT2D eigenvalue weighted by Gasteiger charge is 2.18. The van der Waals surface area contributed by atoms with Crippen LogP contribution in [0.5, 0.6) is 0 Å². The molecule has 126 valence electrons. The van der Waals surface area contributed by atoms with Crippen LogP contribution in [0.3, 0.4) is 0 Å². The van der Waals surface area contributed by atoms with Gasteiger partial charge >= 0.3 is 0 Å². The fourth-order valence-corrected chi connectivity index (χ4v) is 2.58. The number of nitriles is 1. The van der Waals surface area contributed by atoms with Gasteiger partial charge in [0.1, 0.15) is 23.9 Å². The van der Waals surface area contributed by atoms with Gasteiger partial charge in [0.15, 0.2) is 0 Å². The van der Waals surface area contributed by atoms with Crippen LogP contribution in [-0.4, -0.2) is 53.4 Å². The zero-order valence-electron chi connectivity index (χ0n) is 13.4. The third kappa shape index (κ3) is 3.72. The summed E-state index contributed by atoms with van der Waals surface area (Å²) in [6.07, 6.45) is 2.18. The monoisotopic (exact) mass is 336 g/mol. The summed E-state index contributed by atoms with van der Waals surface area (Å²) in [6.45, 7) is 2.53. The van der Waals surface area contributed by atoms with Crippen molar-refractivity contribution in [3.05, 3.63) is 47.9 Å². The van der Waals surface area contributed by atoms with Gasteiger partial charge in [-0.15, -0.1) is 0 Å². The molecule has 1 aliphatic rings. The average molecular weight is 336 g/mol. The third-order valence-corrected chi connectivity index (χ3v) is 3.97. The lowest BCUT2D eigenvalue weighted by Crippen LogP contribution is -2.46. The molecule has 0 saturated carbocycles. The van der Waals surface area contributed by atoms with Crippen molar-refractivity contribution in [3.8, 4) is 6.07 Å². The Labute approximate surface area is 144 Å². The molecule has 1 N–H and O–H groups in total. The second kappa shape index (κ2) is 7.40. The first kappa shape index (κ1) is 16.4. The van der Waals surface area contributed by atoms with Gasteiger partial charge in [-0.3, -0.25) is 9.59 Å². The van der Waals surface area contributed by atoms with E-state index in [2.05, 4.69) is 15.3 Å². The standard InChI is InChI=1S/C17H16N6O2/c18-10-13-3-1-2-4-14(13)21-17(25)15-9-16(20-11-19-15)23-7-5-22(12-24)6-8-23/h1-4,9,11-12H,5-8H2,(H,21,25). The van der Waals surface area contributed by atoms with Crippen molar-refractivity contribution in [1.29, 1.82) is 5.26 Å². The highest BCUT2D eigenvalue weighted by molar-refractivity contribution is 6.03. The van der Waals surface area contributed by atoms with Gasteiger partial charge in [-0.25, -0.2) is 9.97 Å². The first-order valence-electron chi connectivity index (χ1n) is 7.78. The van der Waals surface area contributed by atoms with Crippen molar-refractivity contribution in [3.63, 3.8) is 0 Å². The van der Waals surface area contributed by atoms with E-state index in [1.165, 1.54) is 6.33 Å². The predicted octanol–water partition coefficient (Wildman–Crippen LogP) is 0.879. The maximum absolute atomic E-state index is 12.4. The lowest BCUT2D eigenvalue weighted by molar-refractivity contribution is -0.118. The van der Waals surface area contributed by atoms with Crippen molar-refractivity contribution in [2.45, 2.75) is 0 Å². The van der Waals surface area contributed by atoms with Crippen LogP contribution in [0.2, 0.25) is 0 Å². The number of para-hydroxylation sites is 1. The van der Waals surface area contributed by atoms with Gasteiger partial charge < -0.3 is 15.1 Å². The Bertz CT molecular complexity index is 824. The van der Waals surface area contributed by atoms with Crippen LogP contribution in [0.4, 0.5) is 11.5 Å². The van der Waals surface area contributed by atoms with Gasteiger partial charge in [-0.05, 0) is 12.1 Å². The Balaban J connectivity index is 1.74. The van der Waals surface area contributed by atoms with Crippen LogP contribution >= 0.6 is 0 Å². The Morgan fingerprint density at radius 1 is 1.20 bits per heavy atom. The maximum atomic E-state index is 12.4. The molecule has 0 radical (unpaired) electrons. The van der Waals surface area contributed by atoms with Gasteiger partial charge in [0.25, 0.3) is 5.91 Å². The molecule has 0 unspecified atom stereocenters. The van der Waals surface area contributed by atoms with E-state index in [1.54, 1.807) is 35.2 Å². The zero-order chi connectivity index (χ0) is 17.6. The number of piperazine rings is 1. The summed E-state index contributed by atoms with van der Waals surface area (Å²) >= 11 is 0. The minimum atomic E-state index is -0.405. The van der Waals surface area contributed by atoms with Gasteiger partial charge in [0.05, 0.1) is 11.3 Å². The van der Waals surface area contributed by atoms with E-state index in [9.17, 15) is 9.59 Å². The van der Waals surface area contributed by atoms with Crippen molar-refractivity contribution in [1.82, 2.24) is 14.9 Å². The summed E-state index contributed by atoms with van der Waals surface area (Å²) in [6, 6.07) is 10.4. The molecule has 3 rings (SSSR count). The van der Waals surface area contributed by atoms with E-state index in [0.717, 1.165) is 6.41 Å². The van der Waals surface area contributed by atoms with Crippen molar-refractivity contribution < 1.29 is 9.59 Å². The van der Waals surface area contributed by atoms with Crippen LogP contribution < -0.4 is 10.2 Å². The van der Waals surface area contributed by atoms with Crippen molar-refractivity contribution in [2.24, 2.45) is 0 Å². The molecule has 1 aromatic carbocycles. The fraction of sp³-hybridized carbons (Fsp3) is 0.235. The molecule has 1 aliphatic heterocycles. The summed E-state index contributed by atoms with van der Waals surface area (Å²) in [5.41, 5.74) is 1.04. The molecular formula is C17H16N6O2. The number of carbonyl (C=O) groups excluding carboxylic acids is 2. The molecule has 1 fully saturated rings. The van der Waals surface area contributed by atoms with Gasteiger partial charge in [-0.1, -0.05) is 12.1 Å². The molecule has 0 aliphatic carbocycles. The number of aromatic nitrogens is 2. The van der Waals surface area contributed by atoms with E-state index in [0.29, 0.717) is 43.2 Å². The van der Waals surface area contributed by atoms with Crippen LogP contribution in [0, 0.1) is 11.3 Å². The largest absolute Gasteiger partial charge is 0.353 e. The van der Waals surface area contributed by atoms with E-state index >= 15 is 0 Å².